The van der Waals surface area contributed by atoms with E-state index in [2.05, 4.69) is 5.32 Å². The molecule has 2 amide bonds. The molecule has 0 spiro atoms. The molecule has 1 saturated heterocycles. The van der Waals surface area contributed by atoms with Gasteiger partial charge in [0, 0.05) is 25.2 Å². The molecule has 1 aliphatic heterocycles. The van der Waals surface area contributed by atoms with E-state index in [4.69, 9.17) is 9.47 Å². The number of hydrogen-bond acceptors (Lipinski definition) is 4. The van der Waals surface area contributed by atoms with Gasteiger partial charge >= 0.3 is 0 Å². The summed E-state index contributed by atoms with van der Waals surface area (Å²) < 4.78 is 10.7. The fraction of sp³-hybridized carbons (Fsp3) is 0.364. The maximum atomic E-state index is 12.3. The molecule has 0 atom stereocenters. The second-order valence-electron chi connectivity index (χ2n) is 6.87. The van der Waals surface area contributed by atoms with Gasteiger partial charge in [0.15, 0.2) is 6.61 Å². The normalized spacial score (nSPS) is 14.4. The smallest absolute Gasteiger partial charge is 0.260 e. The fourth-order valence-electron chi connectivity index (χ4n) is 3.24. The lowest BCUT2D eigenvalue weighted by molar-refractivity contribution is -0.134. The van der Waals surface area contributed by atoms with Gasteiger partial charge in [-0.25, -0.2) is 0 Å². The molecule has 3 rings (SSSR count). The first-order valence-electron chi connectivity index (χ1n) is 9.53. The molecule has 0 unspecified atom stereocenters. The zero-order valence-corrected chi connectivity index (χ0v) is 16.1. The summed E-state index contributed by atoms with van der Waals surface area (Å²) in [5, 5.41) is 2.99. The molecule has 1 N–H and O–H groups in total. The van der Waals surface area contributed by atoms with Gasteiger partial charge in [0.1, 0.15) is 11.5 Å². The third-order valence-corrected chi connectivity index (χ3v) is 4.96. The van der Waals surface area contributed by atoms with Crippen molar-refractivity contribution >= 4 is 11.8 Å². The summed E-state index contributed by atoms with van der Waals surface area (Å²) >= 11 is 0. The van der Waals surface area contributed by atoms with Gasteiger partial charge in [-0.3, -0.25) is 9.59 Å². The van der Waals surface area contributed by atoms with Crippen molar-refractivity contribution < 1.29 is 19.1 Å². The molecule has 28 heavy (non-hydrogen) atoms. The van der Waals surface area contributed by atoms with Crippen LogP contribution in [0.3, 0.4) is 0 Å². The van der Waals surface area contributed by atoms with Crippen LogP contribution < -0.4 is 14.8 Å². The highest BCUT2D eigenvalue weighted by molar-refractivity contribution is 5.94. The first-order chi connectivity index (χ1) is 13.7. The van der Waals surface area contributed by atoms with Gasteiger partial charge in [0.05, 0.1) is 7.11 Å². The Kier molecular flexibility index (Phi) is 6.89. The summed E-state index contributed by atoms with van der Waals surface area (Å²) in [5.41, 5.74) is 0.588. The monoisotopic (exact) mass is 382 g/mol. The number of nitrogens with zero attached hydrogens (tertiary/aromatic N) is 1. The minimum absolute atomic E-state index is 0.00252. The number of carbonyl (C=O) groups excluding carboxylic acids is 2. The van der Waals surface area contributed by atoms with E-state index in [0.717, 1.165) is 12.8 Å². The predicted molar refractivity (Wildman–Crippen MR) is 107 cm³/mol. The Morgan fingerprint density at radius 1 is 1.04 bits per heavy atom. The molecule has 0 saturated carbocycles. The average Bonchev–Trinajstić information content (AvgIpc) is 2.77. The third-order valence-electron chi connectivity index (χ3n) is 4.96. The van der Waals surface area contributed by atoms with Crippen LogP contribution in [0, 0.1) is 5.92 Å². The molecular formula is C22H26N2O4. The van der Waals surface area contributed by atoms with E-state index in [1.54, 1.807) is 25.3 Å². The van der Waals surface area contributed by atoms with E-state index in [9.17, 15) is 9.59 Å². The first-order valence-corrected chi connectivity index (χ1v) is 9.53. The quantitative estimate of drug-likeness (QED) is 0.800. The summed E-state index contributed by atoms with van der Waals surface area (Å²) in [6.45, 7) is 2.05. The Balaban J connectivity index is 1.39. The Labute approximate surface area is 165 Å². The number of amides is 2. The maximum absolute atomic E-state index is 12.3. The van der Waals surface area contributed by atoms with E-state index in [0.29, 0.717) is 42.6 Å². The number of piperidine rings is 1. The van der Waals surface area contributed by atoms with Crippen LogP contribution in [0.5, 0.6) is 11.5 Å². The van der Waals surface area contributed by atoms with Crippen molar-refractivity contribution in [1.29, 1.82) is 0 Å². The van der Waals surface area contributed by atoms with Gasteiger partial charge in [-0.05, 0) is 49.1 Å². The van der Waals surface area contributed by atoms with E-state index in [-0.39, 0.29) is 18.4 Å². The van der Waals surface area contributed by atoms with Gasteiger partial charge in [0.2, 0.25) is 0 Å². The molecular weight excluding hydrogens is 356 g/mol. The Morgan fingerprint density at radius 3 is 2.46 bits per heavy atom. The first kappa shape index (κ1) is 19.7. The Hall–Kier alpha value is -3.02. The number of rotatable bonds is 7. The SMILES string of the molecule is COc1cccc(C(=O)NCC2CCN(C(=O)COc3ccccc3)CC2)c1. The van der Waals surface area contributed by atoms with Crippen LogP contribution in [-0.2, 0) is 4.79 Å². The van der Waals surface area contributed by atoms with Gasteiger partial charge < -0.3 is 19.7 Å². The summed E-state index contributed by atoms with van der Waals surface area (Å²) in [5.74, 6) is 1.63. The minimum atomic E-state index is -0.103. The number of nitrogens with one attached hydrogen (secondary N) is 1. The highest BCUT2D eigenvalue weighted by Crippen LogP contribution is 2.18. The Morgan fingerprint density at radius 2 is 1.75 bits per heavy atom. The number of likely N-dealkylation sites (tertiary alicyclic amines) is 1. The molecule has 0 aliphatic carbocycles. The second-order valence-corrected chi connectivity index (χ2v) is 6.87. The lowest BCUT2D eigenvalue weighted by Crippen LogP contribution is -2.43. The molecule has 1 heterocycles. The molecule has 6 nitrogen and oxygen atoms in total. The topological polar surface area (TPSA) is 67.9 Å². The van der Waals surface area contributed by atoms with E-state index >= 15 is 0 Å². The molecule has 0 bridgehead atoms. The molecule has 1 aliphatic rings. The van der Waals surface area contributed by atoms with Crippen molar-refractivity contribution in [3.8, 4) is 11.5 Å². The molecule has 2 aromatic rings. The third kappa shape index (κ3) is 5.49. The van der Waals surface area contributed by atoms with Crippen LogP contribution in [0.4, 0.5) is 0 Å². The number of para-hydroxylation sites is 1. The van der Waals surface area contributed by atoms with Crippen molar-refractivity contribution in [2.75, 3.05) is 33.4 Å². The largest absolute Gasteiger partial charge is 0.497 e. The van der Waals surface area contributed by atoms with Crippen molar-refractivity contribution in [3.05, 3.63) is 60.2 Å². The van der Waals surface area contributed by atoms with Crippen LogP contribution >= 0.6 is 0 Å². The van der Waals surface area contributed by atoms with Crippen LogP contribution in [0.2, 0.25) is 0 Å². The number of methoxy groups -OCH3 is 1. The van der Waals surface area contributed by atoms with Crippen LogP contribution in [0.15, 0.2) is 54.6 Å². The highest BCUT2D eigenvalue weighted by atomic mass is 16.5. The second kappa shape index (κ2) is 9.78. The molecule has 0 aromatic heterocycles. The average molecular weight is 382 g/mol. The van der Waals surface area contributed by atoms with E-state index < -0.39 is 0 Å². The number of carbonyl (C=O) groups is 2. The minimum Gasteiger partial charge on any atom is -0.497 e. The zero-order valence-electron chi connectivity index (χ0n) is 16.1. The van der Waals surface area contributed by atoms with E-state index in [1.807, 2.05) is 41.3 Å². The van der Waals surface area contributed by atoms with Crippen molar-refractivity contribution in [3.63, 3.8) is 0 Å². The predicted octanol–water partition coefficient (Wildman–Crippen LogP) is 2.74. The van der Waals surface area contributed by atoms with Crippen molar-refractivity contribution in [2.45, 2.75) is 12.8 Å². The standard InChI is InChI=1S/C22H26N2O4/c1-27-20-9-5-6-18(14-20)22(26)23-15-17-10-12-24(13-11-17)21(25)16-28-19-7-3-2-4-8-19/h2-9,14,17H,10-13,15-16H2,1H3,(H,23,26). The van der Waals surface area contributed by atoms with Gasteiger partial charge in [-0.15, -0.1) is 0 Å². The zero-order chi connectivity index (χ0) is 19.8. The summed E-state index contributed by atoms with van der Waals surface area (Å²) in [6.07, 6.45) is 1.74. The Bertz CT molecular complexity index is 786. The van der Waals surface area contributed by atoms with Crippen LogP contribution in [0.25, 0.3) is 0 Å². The number of benzene rings is 2. The fourth-order valence-corrected chi connectivity index (χ4v) is 3.24. The summed E-state index contributed by atoms with van der Waals surface area (Å²) in [6, 6.07) is 16.5. The number of ether oxygens (including phenoxy) is 2. The van der Waals surface area contributed by atoms with Crippen LogP contribution in [-0.4, -0.2) is 50.1 Å². The summed E-state index contributed by atoms with van der Waals surface area (Å²) in [7, 11) is 1.58. The maximum Gasteiger partial charge on any atom is 0.260 e. The summed E-state index contributed by atoms with van der Waals surface area (Å²) in [4.78, 5) is 26.4. The van der Waals surface area contributed by atoms with Crippen molar-refractivity contribution in [1.82, 2.24) is 10.2 Å². The molecule has 0 radical (unpaired) electrons. The van der Waals surface area contributed by atoms with Crippen molar-refractivity contribution in [2.24, 2.45) is 5.92 Å². The van der Waals surface area contributed by atoms with Gasteiger partial charge in [-0.2, -0.15) is 0 Å². The number of hydrogen-bond donors (Lipinski definition) is 1. The molecule has 1 fully saturated rings. The lowest BCUT2D eigenvalue weighted by atomic mass is 9.96. The molecule has 148 valence electrons. The molecule has 2 aromatic carbocycles. The lowest BCUT2D eigenvalue weighted by Gasteiger charge is -2.32. The van der Waals surface area contributed by atoms with Crippen LogP contribution in [0.1, 0.15) is 23.2 Å². The van der Waals surface area contributed by atoms with Gasteiger partial charge in [0.25, 0.3) is 11.8 Å². The van der Waals surface area contributed by atoms with E-state index in [1.165, 1.54) is 0 Å². The highest BCUT2D eigenvalue weighted by Gasteiger charge is 2.23. The van der Waals surface area contributed by atoms with Gasteiger partial charge in [-0.1, -0.05) is 24.3 Å². The molecule has 6 heteroatoms.